The van der Waals surface area contributed by atoms with Crippen LogP contribution in [0.5, 0.6) is 0 Å². The Morgan fingerprint density at radius 1 is 1.17 bits per heavy atom. The van der Waals surface area contributed by atoms with Crippen molar-refractivity contribution in [1.82, 2.24) is 0 Å². The Morgan fingerprint density at radius 2 is 1.78 bits per heavy atom. The van der Waals surface area contributed by atoms with Crippen LogP contribution in [0, 0.1) is 5.92 Å². The highest BCUT2D eigenvalue weighted by Gasteiger charge is 2.33. The molecule has 0 aliphatic heterocycles. The number of benzene rings is 1. The van der Waals surface area contributed by atoms with Crippen molar-refractivity contribution in [2.24, 2.45) is 16.6 Å². The molecule has 0 unspecified atom stereocenters. The lowest BCUT2D eigenvalue weighted by atomic mass is 10.1. The van der Waals surface area contributed by atoms with E-state index in [1.165, 1.54) is 18.2 Å². The van der Waals surface area contributed by atoms with Crippen molar-refractivity contribution in [3.63, 3.8) is 0 Å². The molecule has 0 amide bonds. The molecule has 0 radical (unpaired) electrons. The summed E-state index contributed by atoms with van der Waals surface area (Å²) in [6.07, 6.45) is -0.410. The lowest BCUT2D eigenvalue weighted by Crippen LogP contribution is -2.21. The summed E-state index contributed by atoms with van der Waals surface area (Å²) in [7, 11) is 0. The zero-order chi connectivity index (χ0) is 13.2. The van der Waals surface area contributed by atoms with Crippen molar-refractivity contribution >= 4 is 11.5 Å². The molecule has 2 rings (SSSR count). The number of hydrogen-bond acceptors (Lipinski definition) is 1. The average molecular weight is 256 g/mol. The first-order chi connectivity index (χ1) is 8.48. The van der Waals surface area contributed by atoms with Crippen molar-refractivity contribution in [2.45, 2.75) is 31.9 Å². The number of amidine groups is 1. The highest BCUT2D eigenvalue weighted by atomic mass is 19.4. The Bertz CT molecular complexity index is 446. The van der Waals surface area contributed by atoms with Crippen molar-refractivity contribution < 1.29 is 13.2 Å². The van der Waals surface area contributed by atoms with Crippen LogP contribution in [0.2, 0.25) is 0 Å². The molecule has 1 fully saturated rings. The van der Waals surface area contributed by atoms with E-state index in [0.29, 0.717) is 5.84 Å². The van der Waals surface area contributed by atoms with Crippen molar-refractivity contribution in [2.75, 3.05) is 0 Å². The third kappa shape index (κ3) is 2.83. The summed E-state index contributed by atoms with van der Waals surface area (Å²) in [4.78, 5) is 3.98. The number of aliphatic imine (C=N–C) groups is 1. The minimum absolute atomic E-state index is 0.0885. The van der Waals surface area contributed by atoms with Gasteiger partial charge in [0.1, 0.15) is 5.84 Å². The number of para-hydroxylation sites is 1. The van der Waals surface area contributed by atoms with Gasteiger partial charge in [0, 0.05) is 5.92 Å². The quantitative estimate of drug-likeness (QED) is 0.632. The van der Waals surface area contributed by atoms with Crippen molar-refractivity contribution in [3.8, 4) is 0 Å². The molecule has 0 saturated heterocycles. The molecule has 2 nitrogen and oxygen atoms in total. The molecular formula is C13H15F3N2. The highest BCUT2D eigenvalue weighted by Crippen LogP contribution is 2.36. The van der Waals surface area contributed by atoms with E-state index >= 15 is 0 Å². The predicted octanol–water partition coefficient (Wildman–Crippen LogP) is 3.88. The average Bonchev–Trinajstić information content (AvgIpc) is 2.81. The molecule has 1 aliphatic carbocycles. The summed E-state index contributed by atoms with van der Waals surface area (Å²) in [5.74, 6) is 0.454. The maximum atomic E-state index is 12.8. The van der Waals surface area contributed by atoms with Crippen molar-refractivity contribution in [3.05, 3.63) is 29.8 Å². The number of alkyl halides is 3. The third-order valence-electron chi connectivity index (χ3n) is 3.23. The van der Waals surface area contributed by atoms with E-state index < -0.39 is 11.7 Å². The van der Waals surface area contributed by atoms with E-state index in [0.717, 1.165) is 31.7 Å². The SMILES string of the molecule is NC(=Nc1ccccc1C(F)(F)F)C1CCCC1. The second-order valence-corrected chi connectivity index (χ2v) is 4.53. The molecule has 5 heteroatoms. The molecule has 18 heavy (non-hydrogen) atoms. The normalized spacial score (nSPS) is 18.3. The molecule has 0 heterocycles. The lowest BCUT2D eigenvalue weighted by Gasteiger charge is -2.12. The second kappa shape index (κ2) is 5.00. The van der Waals surface area contributed by atoms with E-state index in [9.17, 15) is 13.2 Å². The summed E-state index contributed by atoms with van der Waals surface area (Å²) in [6.45, 7) is 0. The number of rotatable bonds is 2. The molecule has 1 aliphatic rings. The molecule has 0 aromatic heterocycles. The maximum Gasteiger partial charge on any atom is 0.418 e. The van der Waals surface area contributed by atoms with Crippen LogP contribution in [0.25, 0.3) is 0 Å². The first kappa shape index (κ1) is 12.9. The third-order valence-corrected chi connectivity index (χ3v) is 3.23. The standard InChI is InChI=1S/C13H15F3N2/c14-13(15,16)10-7-3-4-8-11(10)18-12(17)9-5-1-2-6-9/h3-4,7-9H,1-2,5-6H2,(H2,17,18). The fourth-order valence-electron chi connectivity index (χ4n) is 2.26. The smallest absolute Gasteiger partial charge is 0.387 e. The lowest BCUT2D eigenvalue weighted by molar-refractivity contribution is -0.137. The Morgan fingerprint density at radius 3 is 2.39 bits per heavy atom. The van der Waals surface area contributed by atoms with Crippen LogP contribution in [-0.4, -0.2) is 5.84 Å². The molecule has 2 N–H and O–H groups in total. The topological polar surface area (TPSA) is 38.4 Å². The summed E-state index contributed by atoms with van der Waals surface area (Å²) in [6, 6.07) is 5.27. The molecule has 1 aromatic rings. The number of nitrogens with zero attached hydrogens (tertiary/aromatic N) is 1. The van der Waals surface area contributed by atoms with Gasteiger partial charge < -0.3 is 5.73 Å². The van der Waals surface area contributed by atoms with Crippen LogP contribution in [-0.2, 0) is 6.18 Å². The maximum absolute atomic E-state index is 12.8. The van der Waals surface area contributed by atoms with Gasteiger partial charge in [0.25, 0.3) is 0 Å². The van der Waals surface area contributed by atoms with Gasteiger partial charge in [-0.2, -0.15) is 13.2 Å². The van der Waals surface area contributed by atoms with E-state index in [1.54, 1.807) is 0 Å². The zero-order valence-electron chi connectivity index (χ0n) is 9.87. The fraction of sp³-hybridized carbons (Fsp3) is 0.462. The zero-order valence-corrected chi connectivity index (χ0v) is 9.87. The van der Waals surface area contributed by atoms with Crippen LogP contribution in [0.3, 0.4) is 0 Å². The second-order valence-electron chi connectivity index (χ2n) is 4.53. The largest absolute Gasteiger partial charge is 0.418 e. The summed E-state index contributed by atoms with van der Waals surface area (Å²) >= 11 is 0. The predicted molar refractivity (Wildman–Crippen MR) is 64.7 cm³/mol. The molecular weight excluding hydrogens is 241 g/mol. The Labute approximate surface area is 104 Å². The van der Waals surface area contributed by atoms with E-state index in [-0.39, 0.29) is 11.6 Å². The van der Waals surface area contributed by atoms with E-state index in [1.807, 2.05) is 0 Å². The summed E-state index contributed by atoms with van der Waals surface area (Å²) in [5.41, 5.74) is 4.99. The van der Waals surface area contributed by atoms with Gasteiger partial charge in [-0.3, -0.25) is 0 Å². The van der Waals surface area contributed by atoms with Gasteiger partial charge in [-0.15, -0.1) is 0 Å². The highest BCUT2D eigenvalue weighted by molar-refractivity contribution is 5.86. The Hall–Kier alpha value is -1.52. The minimum Gasteiger partial charge on any atom is -0.387 e. The van der Waals surface area contributed by atoms with Gasteiger partial charge in [0.15, 0.2) is 0 Å². The number of nitrogens with two attached hydrogens (primary N) is 1. The fourth-order valence-corrected chi connectivity index (χ4v) is 2.26. The van der Waals surface area contributed by atoms with Crippen LogP contribution < -0.4 is 5.73 Å². The summed E-state index contributed by atoms with van der Waals surface area (Å²) < 4.78 is 38.3. The van der Waals surface area contributed by atoms with Gasteiger partial charge in [-0.1, -0.05) is 25.0 Å². The molecule has 0 atom stereocenters. The van der Waals surface area contributed by atoms with Gasteiger partial charge >= 0.3 is 6.18 Å². The van der Waals surface area contributed by atoms with Gasteiger partial charge in [-0.25, -0.2) is 4.99 Å². The summed E-state index contributed by atoms with van der Waals surface area (Å²) in [5, 5.41) is 0. The molecule has 1 aromatic carbocycles. The van der Waals surface area contributed by atoms with Gasteiger partial charge in [-0.05, 0) is 25.0 Å². The van der Waals surface area contributed by atoms with E-state index in [4.69, 9.17) is 5.73 Å². The van der Waals surface area contributed by atoms with Gasteiger partial charge in [0.2, 0.25) is 0 Å². The Kier molecular flexibility index (Phi) is 3.59. The van der Waals surface area contributed by atoms with Gasteiger partial charge in [0.05, 0.1) is 11.3 Å². The Balaban J connectivity index is 2.30. The first-order valence-electron chi connectivity index (χ1n) is 5.99. The van der Waals surface area contributed by atoms with Crippen molar-refractivity contribution in [1.29, 1.82) is 0 Å². The van der Waals surface area contributed by atoms with Crippen LogP contribution >= 0.6 is 0 Å². The van der Waals surface area contributed by atoms with Crippen LogP contribution in [0.1, 0.15) is 31.2 Å². The molecule has 98 valence electrons. The molecule has 0 bridgehead atoms. The first-order valence-corrected chi connectivity index (χ1v) is 5.99. The molecule has 0 spiro atoms. The van der Waals surface area contributed by atoms with Crippen LogP contribution in [0.15, 0.2) is 29.3 Å². The molecule has 1 saturated carbocycles. The van der Waals surface area contributed by atoms with Crippen LogP contribution in [0.4, 0.5) is 18.9 Å². The monoisotopic (exact) mass is 256 g/mol. The number of halogens is 3. The van der Waals surface area contributed by atoms with E-state index in [2.05, 4.69) is 4.99 Å². The minimum atomic E-state index is -4.39. The number of hydrogen-bond donors (Lipinski definition) is 1.